The van der Waals surface area contributed by atoms with E-state index in [4.69, 9.17) is 14.2 Å². The summed E-state index contributed by atoms with van der Waals surface area (Å²) in [7, 11) is 0. The molecule has 74 heavy (non-hydrogen) atoms. The molecule has 0 saturated carbocycles. The van der Waals surface area contributed by atoms with Crippen LogP contribution in [0.5, 0.6) is 0 Å². The topological polar surface area (TPSA) is 78.9 Å². The van der Waals surface area contributed by atoms with E-state index in [2.05, 4.69) is 81.5 Å². The molecule has 0 radical (unpaired) electrons. The molecular weight excluding hydrogens is 913 g/mol. The fourth-order valence-electron chi connectivity index (χ4n) is 9.43. The molecule has 0 aromatic rings. The van der Waals surface area contributed by atoms with Crippen LogP contribution in [0, 0.1) is 0 Å². The number of allylic oxidation sites excluding steroid dienone is 10. The lowest BCUT2D eigenvalue weighted by Gasteiger charge is -2.18. The molecule has 1 unspecified atom stereocenters. The van der Waals surface area contributed by atoms with Crippen molar-refractivity contribution in [3.8, 4) is 0 Å². The first kappa shape index (κ1) is 71.1. The summed E-state index contributed by atoms with van der Waals surface area (Å²) < 4.78 is 16.9. The minimum Gasteiger partial charge on any atom is -0.462 e. The highest BCUT2D eigenvalue weighted by atomic mass is 16.6. The van der Waals surface area contributed by atoms with E-state index in [0.29, 0.717) is 19.3 Å². The summed E-state index contributed by atoms with van der Waals surface area (Å²) >= 11 is 0. The van der Waals surface area contributed by atoms with E-state index in [1.807, 2.05) is 0 Å². The molecule has 0 aliphatic rings. The molecule has 6 nitrogen and oxygen atoms in total. The smallest absolute Gasteiger partial charge is 0.306 e. The van der Waals surface area contributed by atoms with Crippen LogP contribution in [-0.2, 0) is 28.6 Å². The van der Waals surface area contributed by atoms with Crippen LogP contribution in [0.15, 0.2) is 60.8 Å². The monoisotopic (exact) mass is 1030 g/mol. The third kappa shape index (κ3) is 60.0. The van der Waals surface area contributed by atoms with Crippen LogP contribution in [0.25, 0.3) is 0 Å². The normalized spacial score (nSPS) is 12.4. The number of unbranched alkanes of at least 4 members (excludes halogenated alkanes) is 38. The molecule has 0 aliphatic heterocycles. The van der Waals surface area contributed by atoms with Crippen molar-refractivity contribution in [3.63, 3.8) is 0 Å². The Morgan fingerprint density at radius 2 is 0.527 bits per heavy atom. The van der Waals surface area contributed by atoms with Gasteiger partial charge < -0.3 is 14.2 Å². The molecule has 0 aromatic carbocycles. The molecule has 0 bridgehead atoms. The first-order valence-corrected chi connectivity index (χ1v) is 32.3. The summed E-state index contributed by atoms with van der Waals surface area (Å²) in [6.45, 7) is 6.56. The van der Waals surface area contributed by atoms with Gasteiger partial charge in [0.2, 0.25) is 0 Å². The number of hydrogen-bond acceptors (Lipinski definition) is 6. The Bertz CT molecular complexity index is 1330. The molecule has 6 heteroatoms. The number of carbonyl (C=O) groups excluding carboxylic acids is 3. The van der Waals surface area contributed by atoms with E-state index in [1.165, 1.54) is 205 Å². The predicted molar refractivity (Wildman–Crippen MR) is 321 cm³/mol. The van der Waals surface area contributed by atoms with Crippen molar-refractivity contribution in [2.45, 2.75) is 341 Å². The van der Waals surface area contributed by atoms with Crippen molar-refractivity contribution >= 4 is 17.9 Å². The summed E-state index contributed by atoms with van der Waals surface area (Å²) in [5, 5.41) is 0. The van der Waals surface area contributed by atoms with Crippen LogP contribution in [0.3, 0.4) is 0 Å². The largest absolute Gasteiger partial charge is 0.462 e. The quantitative estimate of drug-likeness (QED) is 0.0261. The molecule has 0 saturated heterocycles. The fourth-order valence-corrected chi connectivity index (χ4v) is 9.43. The summed E-state index contributed by atoms with van der Waals surface area (Å²) in [6, 6.07) is 0. The van der Waals surface area contributed by atoms with Crippen LogP contribution in [0.4, 0.5) is 0 Å². The van der Waals surface area contributed by atoms with E-state index >= 15 is 0 Å². The van der Waals surface area contributed by atoms with Gasteiger partial charge in [0, 0.05) is 19.3 Å². The van der Waals surface area contributed by atoms with Gasteiger partial charge in [-0.15, -0.1) is 0 Å². The maximum atomic E-state index is 12.9. The minimum atomic E-state index is -0.776. The Morgan fingerprint density at radius 1 is 0.284 bits per heavy atom. The van der Waals surface area contributed by atoms with Crippen molar-refractivity contribution in [1.29, 1.82) is 0 Å². The van der Waals surface area contributed by atoms with Gasteiger partial charge in [-0.1, -0.05) is 293 Å². The molecule has 0 aromatic heterocycles. The number of ether oxygens (including phenoxy) is 3. The highest BCUT2D eigenvalue weighted by Gasteiger charge is 2.19. The molecule has 0 fully saturated rings. The first-order valence-electron chi connectivity index (χ1n) is 32.3. The highest BCUT2D eigenvalue weighted by Crippen LogP contribution is 2.17. The molecule has 0 N–H and O–H groups in total. The van der Waals surface area contributed by atoms with Gasteiger partial charge in [0.1, 0.15) is 13.2 Å². The maximum Gasteiger partial charge on any atom is 0.306 e. The van der Waals surface area contributed by atoms with Gasteiger partial charge in [-0.3, -0.25) is 14.4 Å². The van der Waals surface area contributed by atoms with Crippen LogP contribution in [-0.4, -0.2) is 37.2 Å². The molecular formula is C68H122O6. The van der Waals surface area contributed by atoms with E-state index in [-0.39, 0.29) is 31.1 Å². The van der Waals surface area contributed by atoms with Crippen LogP contribution in [0.1, 0.15) is 335 Å². The Hall–Kier alpha value is -2.89. The molecule has 0 amide bonds. The zero-order chi connectivity index (χ0) is 53.6. The fraction of sp³-hybridized carbons (Fsp3) is 0.809. The van der Waals surface area contributed by atoms with Crippen LogP contribution >= 0.6 is 0 Å². The van der Waals surface area contributed by atoms with E-state index in [0.717, 1.165) is 89.9 Å². The predicted octanol–water partition coefficient (Wildman–Crippen LogP) is 21.9. The molecule has 430 valence electrons. The maximum absolute atomic E-state index is 12.9. The summed E-state index contributed by atoms with van der Waals surface area (Å²) in [5.74, 6) is -0.863. The highest BCUT2D eigenvalue weighted by molar-refractivity contribution is 5.71. The molecule has 1 atom stereocenters. The minimum absolute atomic E-state index is 0.0729. The zero-order valence-electron chi connectivity index (χ0n) is 49.4. The van der Waals surface area contributed by atoms with Crippen LogP contribution < -0.4 is 0 Å². The van der Waals surface area contributed by atoms with E-state index < -0.39 is 6.10 Å². The molecule has 0 aliphatic carbocycles. The number of hydrogen-bond donors (Lipinski definition) is 0. The summed E-state index contributed by atoms with van der Waals surface area (Å²) in [5.41, 5.74) is 0. The van der Waals surface area contributed by atoms with Gasteiger partial charge in [0.15, 0.2) is 6.10 Å². The first-order chi connectivity index (χ1) is 36.5. The number of rotatable bonds is 59. The lowest BCUT2D eigenvalue weighted by atomic mass is 10.0. The third-order valence-electron chi connectivity index (χ3n) is 14.3. The Kier molecular flexibility index (Phi) is 60.2. The average molecular weight is 1040 g/mol. The molecule has 0 rings (SSSR count). The second-order valence-electron chi connectivity index (χ2n) is 21.6. The number of esters is 3. The van der Waals surface area contributed by atoms with Gasteiger partial charge in [-0.05, 0) is 83.5 Å². The van der Waals surface area contributed by atoms with Gasteiger partial charge in [0.05, 0.1) is 0 Å². The number of carbonyl (C=O) groups is 3. The standard InChI is InChI=1S/C68H122O6/c1-4-7-10-13-16-19-22-25-27-29-30-31-32-33-34-35-36-37-38-39-41-43-46-49-52-55-58-61-67(70)73-64-65(63-72-66(69)60-57-54-51-48-45-42-24-21-18-15-12-9-6-3)74-68(71)62-59-56-53-50-47-44-40-28-26-23-20-17-14-11-8-5-2/h7,10,16,19,25,27-28,30-31,40,65H,4-6,8-9,11-15,17-18,20-24,26,29,32-39,41-64H2,1-3H3/b10-7-,19-16-,27-25-,31-30-,40-28-. The molecule has 0 spiro atoms. The van der Waals surface area contributed by atoms with Gasteiger partial charge in [-0.25, -0.2) is 0 Å². The van der Waals surface area contributed by atoms with Gasteiger partial charge in [0.25, 0.3) is 0 Å². The summed E-state index contributed by atoms with van der Waals surface area (Å²) in [4.78, 5) is 38.3. The van der Waals surface area contributed by atoms with Crippen molar-refractivity contribution < 1.29 is 28.6 Å². The van der Waals surface area contributed by atoms with Gasteiger partial charge >= 0.3 is 17.9 Å². The van der Waals surface area contributed by atoms with Crippen molar-refractivity contribution in [2.24, 2.45) is 0 Å². The van der Waals surface area contributed by atoms with Crippen molar-refractivity contribution in [2.75, 3.05) is 13.2 Å². The SMILES string of the molecule is CC/C=C\C/C=C\C/C=C\C/C=C\CCCCCCCCCCCCCCCCC(=O)OCC(COC(=O)CCCCCCCCCCCCCCC)OC(=O)CCCCCCC/C=C\CCCCCCCCC. The average Bonchev–Trinajstić information content (AvgIpc) is 3.40. The van der Waals surface area contributed by atoms with E-state index in [9.17, 15) is 14.4 Å². The second-order valence-corrected chi connectivity index (χ2v) is 21.6. The lowest BCUT2D eigenvalue weighted by Crippen LogP contribution is -2.30. The third-order valence-corrected chi connectivity index (χ3v) is 14.3. The lowest BCUT2D eigenvalue weighted by molar-refractivity contribution is -0.167. The van der Waals surface area contributed by atoms with Crippen molar-refractivity contribution in [3.05, 3.63) is 60.8 Å². The Morgan fingerprint density at radius 3 is 0.838 bits per heavy atom. The van der Waals surface area contributed by atoms with Crippen LogP contribution in [0.2, 0.25) is 0 Å². The summed E-state index contributed by atoms with van der Waals surface area (Å²) in [6.07, 6.45) is 79.4. The Balaban J connectivity index is 4.24. The Labute approximate surface area is 460 Å². The van der Waals surface area contributed by atoms with Crippen molar-refractivity contribution in [1.82, 2.24) is 0 Å². The van der Waals surface area contributed by atoms with Gasteiger partial charge in [-0.2, -0.15) is 0 Å². The zero-order valence-corrected chi connectivity index (χ0v) is 49.4. The van der Waals surface area contributed by atoms with E-state index in [1.54, 1.807) is 0 Å². The molecule has 0 heterocycles. The second kappa shape index (κ2) is 62.6.